The summed E-state index contributed by atoms with van der Waals surface area (Å²) < 4.78 is 2.02. The molecule has 1 aromatic rings. The van der Waals surface area contributed by atoms with Crippen LogP contribution in [0.15, 0.2) is 6.20 Å². The lowest BCUT2D eigenvalue weighted by Crippen LogP contribution is -2.05. The van der Waals surface area contributed by atoms with Crippen molar-refractivity contribution in [2.24, 2.45) is 0 Å². The van der Waals surface area contributed by atoms with E-state index in [-0.39, 0.29) is 0 Å². The van der Waals surface area contributed by atoms with E-state index in [1.807, 2.05) is 10.9 Å². The maximum Gasteiger partial charge on any atom is 0.0725 e. The van der Waals surface area contributed by atoms with Crippen molar-refractivity contribution < 1.29 is 0 Å². The molecule has 0 saturated heterocycles. The van der Waals surface area contributed by atoms with Gasteiger partial charge in [0.15, 0.2) is 0 Å². The van der Waals surface area contributed by atoms with E-state index in [1.54, 1.807) is 10.8 Å². The van der Waals surface area contributed by atoms with Gasteiger partial charge in [-0.2, -0.15) is 0 Å². The first-order valence-electron chi connectivity index (χ1n) is 5.02. The monoisotopic (exact) mass is 231 g/mol. The Kier molecular flexibility index (Phi) is 6.10. The Labute approximate surface area is 94.5 Å². The number of hydrogen-bond donors (Lipinski definition) is 1. The Hall–Kier alpha value is -0.160. The molecule has 0 aliphatic heterocycles. The van der Waals surface area contributed by atoms with Crippen molar-refractivity contribution in [2.45, 2.75) is 39.2 Å². The van der Waals surface area contributed by atoms with Crippen LogP contribution in [0.25, 0.3) is 0 Å². The van der Waals surface area contributed by atoms with Gasteiger partial charge in [-0.25, -0.2) is 4.68 Å². The highest BCUT2D eigenvalue weighted by molar-refractivity contribution is 8.68. The molecule has 1 rings (SSSR count). The minimum Gasteiger partial charge on any atom is -0.249 e. The summed E-state index contributed by atoms with van der Waals surface area (Å²) in [5, 5.41) is 8.01. The number of hydrogen-bond acceptors (Lipinski definition) is 4. The van der Waals surface area contributed by atoms with Crippen molar-refractivity contribution in [2.75, 3.05) is 5.75 Å². The van der Waals surface area contributed by atoms with Crippen LogP contribution in [0.1, 0.15) is 31.9 Å². The summed E-state index contributed by atoms with van der Waals surface area (Å²) in [7, 11) is 1.60. The number of unbranched alkanes of at least 4 members (excludes halogenated alkanes) is 1. The molecule has 0 fully saturated rings. The molecule has 0 aliphatic carbocycles. The fourth-order valence-corrected chi connectivity index (χ4v) is 2.07. The van der Waals surface area contributed by atoms with E-state index in [0.29, 0.717) is 0 Å². The van der Waals surface area contributed by atoms with Gasteiger partial charge in [-0.15, -0.1) is 16.8 Å². The minimum absolute atomic E-state index is 0.990. The second-order valence-corrected chi connectivity index (χ2v) is 4.68. The Bertz CT molecular complexity index is 250. The molecule has 0 N–H and O–H groups in total. The summed E-state index contributed by atoms with van der Waals surface area (Å²) in [6.45, 7) is 3.17. The molecule has 0 saturated carbocycles. The van der Waals surface area contributed by atoms with E-state index in [2.05, 4.69) is 28.9 Å². The molecule has 0 atom stereocenters. The maximum absolute atomic E-state index is 4.10. The highest BCUT2D eigenvalue weighted by Crippen LogP contribution is 2.09. The van der Waals surface area contributed by atoms with Gasteiger partial charge in [0.05, 0.1) is 11.9 Å². The summed E-state index contributed by atoms with van der Waals surface area (Å²) in [6, 6.07) is 0. The Morgan fingerprint density at radius 2 is 2.36 bits per heavy atom. The molecule has 0 aromatic carbocycles. The zero-order valence-electron chi connectivity index (χ0n) is 8.52. The Morgan fingerprint density at radius 1 is 1.50 bits per heavy atom. The van der Waals surface area contributed by atoms with Crippen LogP contribution < -0.4 is 0 Å². The van der Waals surface area contributed by atoms with Crippen molar-refractivity contribution in [3.63, 3.8) is 0 Å². The molecular formula is C9H17N3S2. The Balaban J connectivity index is 2.30. The first-order chi connectivity index (χ1) is 6.88. The third-order valence-corrected chi connectivity index (χ3v) is 3.08. The van der Waals surface area contributed by atoms with E-state index in [1.165, 1.54) is 12.1 Å². The van der Waals surface area contributed by atoms with Crippen molar-refractivity contribution in [1.29, 1.82) is 0 Å². The minimum atomic E-state index is 0.990. The summed E-state index contributed by atoms with van der Waals surface area (Å²) in [5.41, 5.74) is 1.26. The molecule has 1 aromatic heterocycles. The van der Waals surface area contributed by atoms with Crippen LogP contribution in [0.4, 0.5) is 0 Å². The van der Waals surface area contributed by atoms with Gasteiger partial charge in [0.2, 0.25) is 0 Å². The van der Waals surface area contributed by atoms with Crippen LogP contribution in [0.5, 0.6) is 0 Å². The molecule has 0 spiro atoms. The fraction of sp³-hybridized carbons (Fsp3) is 0.778. The van der Waals surface area contributed by atoms with Gasteiger partial charge in [-0.3, -0.25) is 0 Å². The molecule has 0 amide bonds. The second kappa shape index (κ2) is 7.17. The van der Waals surface area contributed by atoms with Crippen LogP contribution >= 0.6 is 22.5 Å². The van der Waals surface area contributed by atoms with E-state index < -0.39 is 0 Å². The van der Waals surface area contributed by atoms with Gasteiger partial charge in [0, 0.05) is 12.3 Å². The van der Waals surface area contributed by atoms with Crippen LogP contribution in [-0.2, 0) is 13.0 Å². The zero-order valence-corrected chi connectivity index (χ0v) is 10.2. The van der Waals surface area contributed by atoms with E-state index in [0.717, 1.165) is 31.6 Å². The highest BCUT2D eigenvalue weighted by atomic mass is 33.1. The molecule has 3 nitrogen and oxygen atoms in total. The Morgan fingerprint density at radius 3 is 3.07 bits per heavy atom. The molecule has 0 radical (unpaired) electrons. The highest BCUT2D eigenvalue weighted by Gasteiger charge is 2.01. The number of nitrogens with zero attached hydrogens (tertiary/aromatic N) is 3. The van der Waals surface area contributed by atoms with Crippen LogP contribution in [0, 0.1) is 0 Å². The summed E-state index contributed by atoms with van der Waals surface area (Å²) >= 11 is 4.10. The quantitative estimate of drug-likeness (QED) is 0.444. The lowest BCUT2D eigenvalue weighted by atomic mass is 10.2. The summed E-state index contributed by atoms with van der Waals surface area (Å²) in [6.07, 6.45) is 6.46. The molecule has 1 heterocycles. The van der Waals surface area contributed by atoms with Crippen molar-refractivity contribution in [3.8, 4) is 0 Å². The number of aromatic nitrogens is 3. The average molecular weight is 231 g/mol. The average Bonchev–Trinajstić information content (AvgIpc) is 2.61. The molecular weight excluding hydrogens is 214 g/mol. The van der Waals surface area contributed by atoms with Crippen LogP contribution in [0.2, 0.25) is 0 Å². The van der Waals surface area contributed by atoms with E-state index in [4.69, 9.17) is 0 Å². The van der Waals surface area contributed by atoms with Crippen LogP contribution in [-0.4, -0.2) is 20.7 Å². The predicted octanol–water partition coefficient (Wildman–Crippen LogP) is 2.59. The molecule has 5 heteroatoms. The normalized spacial score (nSPS) is 10.7. The maximum atomic E-state index is 4.10. The number of aryl methyl sites for hydroxylation is 2. The van der Waals surface area contributed by atoms with Gasteiger partial charge in [-0.05, 0) is 19.3 Å². The third kappa shape index (κ3) is 3.92. The van der Waals surface area contributed by atoms with Gasteiger partial charge in [-0.1, -0.05) is 29.4 Å². The molecule has 14 heavy (non-hydrogen) atoms. The summed E-state index contributed by atoms with van der Waals surface area (Å²) in [5.74, 6) is 1.11. The number of rotatable bonds is 7. The van der Waals surface area contributed by atoms with Crippen molar-refractivity contribution >= 4 is 22.5 Å². The SMILES string of the molecule is CCCc1cnnn1CCCCSS. The smallest absolute Gasteiger partial charge is 0.0725 e. The first-order valence-corrected chi connectivity index (χ1v) is 7.06. The van der Waals surface area contributed by atoms with Crippen molar-refractivity contribution in [1.82, 2.24) is 15.0 Å². The first kappa shape index (κ1) is 11.9. The van der Waals surface area contributed by atoms with Gasteiger partial charge in [0.1, 0.15) is 0 Å². The lowest BCUT2D eigenvalue weighted by molar-refractivity contribution is 0.532. The summed E-state index contributed by atoms with van der Waals surface area (Å²) in [4.78, 5) is 0. The molecule has 0 bridgehead atoms. The molecule has 80 valence electrons. The van der Waals surface area contributed by atoms with E-state index >= 15 is 0 Å². The predicted molar refractivity (Wildman–Crippen MR) is 64.7 cm³/mol. The topological polar surface area (TPSA) is 30.7 Å². The molecule has 0 aliphatic rings. The van der Waals surface area contributed by atoms with Crippen molar-refractivity contribution in [3.05, 3.63) is 11.9 Å². The fourth-order valence-electron chi connectivity index (χ4n) is 1.35. The number of thiol groups is 1. The zero-order chi connectivity index (χ0) is 10.2. The standard InChI is InChI=1S/C9H17N3S2/c1-2-5-9-8-10-11-12(9)6-3-4-7-14-13/h8,13H,2-7H2,1H3. The van der Waals surface area contributed by atoms with Crippen LogP contribution in [0.3, 0.4) is 0 Å². The van der Waals surface area contributed by atoms with E-state index in [9.17, 15) is 0 Å². The van der Waals surface area contributed by atoms with Gasteiger partial charge < -0.3 is 0 Å². The third-order valence-electron chi connectivity index (χ3n) is 2.06. The van der Waals surface area contributed by atoms with Gasteiger partial charge in [0.25, 0.3) is 0 Å². The largest absolute Gasteiger partial charge is 0.249 e. The second-order valence-electron chi connectivity index (χ2n) is 3.24. The lowest BCUT2D eigenvalue weighted by Gasteiger charge is -2.04. The molecule has 0 unspecified atom stereocenters. The van der Waals surface area contributed by atoms with Gasteiger partial charge >= 0.3 is 0 Å².